The molecule has 0 spiro atoms. The van der Waals surface area contributed by atoms with Gasteiger partial charge < -0.3 is 5.73 Å². The van der Waals surface area contributed by atoms with Crippen LogP contribution in [0.15, 0.2) is 12.3 Å². The smallest absolute Gasteiger partial charge is 0.369 e. The maximum atomic E-state index is 12.1. The molecule has 0 bridgehead atoms. The number of amides is 1. The van der Waals surface area contributed by atoms with E-state index in [1.54, 1.807) is 0 Å². The predicted molar refractivity (Wildman–Crippen MR) is 45.6 cm³/mol. The third kappa shape index (κ3) is 2.97. The molecule has 1 amide bonds. The Bertz CT molecular complexity index is 358. The fourth-order valence-corrected chi connectivity index (χ4v) is 0.985. The van der Waals surface area contributed by atoms with Gasteiger partial charge in [-0.05, 0) is 6.07 Å². The molecule has 4 nitrogen and oxygen atoms in total. The van der Waals surface area contributed by atoms with Gasteiger partial charge in [0, 0.05) is 6.20 Å². The lowest BCUT2D eigenvalue weighted by atomic mass is 10.2. The lowest BCUT2D eigenvalue weighted by Crippen LogP contribution is -2.25. The van der Waals surface area contributed by atoms with Crippen molar-refractivity contribution in [3.63, 3.8) is 0 Å². The van der Waals surface area contributed by atoms with E-state index < -0.39 is 23.7 Å². The number of nitrogens with zero attached hydrogens (tertiary/aromatic N) is 2. The first-order valence-corrected chi connectivity index (χ1v) is 4.20. The van der Waals surface area contributed by atoms with E-state index in [-0.39, 0.29) is 6.54 Å². The molecule has 0 saturated heterocycles. The van der Waals surface area contributed by atoms with E-state index in [0.717, 1.165) is 10.7 Å². The van der Waals surface area contributed by atoms with Gasteiger partial charge in [-0.3, -0.25) is 9.48 Å². The van der Waals surface area contributed by atoms with E-state index in [1.807, 2.05) is 0 Å². The van der Waals surface area contributed by atoms with E-state index >= 15 is 0 Å². The molecule has 0 aliphatic rings. The maximum Gasteiger partial charge on any atom is 0.435 e. The fraction of sp³-hybridized carbons (Fsp3) is 0.500. The minimum Gasteiger partial charge on any atom is -0.369 e. The van der Waals surface area contributed by atoms with Crippen molar-refractivity contribution in [2.45, 2.75) is 19.6 Å². The van der Waals surface area contributed by atoms with Gasteiger partial charge >= 0.3 is 6.18 Å². The highest BCUT2D eigenvalue weighted by atomic mass is 19.4. The predicted octanol–water partition coefficient (Wildman–Crippen LogP) is 1.02. The number of halogens is 3. The zero-order valence-electron chi connectivity index (χ0n) is 7.95. The number of rotatable bonds is 3. The van der Waals surface area contributed by atoms with Gasteiger partial charge in [0.1, 0.15) is 0 Å². The van der Waals surface area contributed by atoms with Crippen molar-refractivity contribution in [3.05, 3.63) is 18.0 Å². The van der Waals surface area contributed by atoms with Crippen molar-refractivity contribution < 1.29 is 18.0 Å². The van der Waals surface area contributed by atoms with Crippen LogP contribution in [-0.2, 0) is 17.5 Å². The monoisotopic (exact) mass is 221 g/mol. The molecule has 0 radical (unpaired) electrons. The normalized spacial score (nSPS) is 13.9. The second-order valence-electron chi connectivity index (χ2n) is 3.22. The van der Waals surface area contributed by atoms with Gasteiger partial charge in [-0.2, -0.15) is 18.3 Å². The lowest BCUT2D eigenvalue weighted by molar-refractivity contribution is -0.141. The molecule has 1 unspecified atom stereocenters. The zero-order valence-corrected chi connectivity index (χ0v) is 7.95. The standard InChI is InChI=1S/C8H10F3N3O/c1-5(7(12)15)4-14-3-2-6(13-14)8(9,10)11/h2-3,5H,4H2,1H3,(H2,12,15). The molecular formula is C8H10F3N3O. The SMILES string of the molecule is CC(Cn1ccc(C(F)(F)F)n1)C(N)=O. The summed E-state index contributed by atoms with van der Waals surface area (Å²) < 4.78 is 37.4. The fourth-order valence-electron chi connectivity index (χ4n) is 0.985. The number of hydrogen-bond donors (Lipinski definition) is 1. The van der Waals surface area contributed by atoms with Crippen molar-refractivity contribution in [1.82, 2.24) is 9.78 Å². The molecular weight excluding hydrogens is 211 g/mol. The Morgan fingerprint density at radius 1 is 1.67 bits per heavy atom. The second-order valence-corrected chi connectivity index (χ2v) is 3.22. The topological polar surface area (TPSA) is 60.9 Å². The Morgan fingerprint density at radius 2 is 2.27 bits per heavy atom. The van der Waals surface area contributed by atoms with Gasteiger partial charge in [-0.1, -0.05) is 6.92 Å². The van der Waals surface area contributed by atoms with E-state index in [4.69, 9.17) is 5.73 Å². The molecule has 0 aliphatic carbocycles. The van der Waals surface area contributed by atoms with Crippen LogP contribution >= 0.6 is 0 Å². The van der Waals surface area contributed by atoms with Crippen LogP contribution in [-0.4, -0.2) is 15.7 Å². The number of carbonyl (C=O) groups is 1. The summed E-state index contributed by atoms with van der Waals surface area (Å²) in [6, 6.07) is 0.855. The first-order valence-electron chi connectivity index (χ1n) is 4.20. The van der Waals surface area contributed by atoms with Crippen LogP contribution in [0.1, 0.15) is 12.6 Å². The summed E-state index contributed by atoms with van der Waals surface area (Å²) in [5.74, 6) is -1.12. The number of hydrogen-bond acceptors (Lipinski definition) is 2. The second kappa shape index (κ2) is 3.92. The van der Waals surface area contributed by atoms with E-state index in [1.165, 1.54) is 13.1 Å². The van der Waals surface area contributed by atoms with Gasteiger partial charge in [0.2, 0.25) is 5.91 Å². The molecule has 0 aliphatic heterocycles. The highest BCUT2D eigenvalue weighted by Gasteiger charge is 2.33. The van der Waals surface area contributed by atoms with Crippen LogP contribution < -0.4 is 5.73 Å². The maximum absolute atomic E-state index is 12.1. The Labute approximate surface area is 83.9 Å². The Morgan fingerprint density at radius 3 is 2.67 bits per heavy atom. The molecule has 1 heterocycles. The first kappa shape index (κ1) is 11.5. The minimum absolute atomic E-state index is 0.0470. The lowest BCUT2D eigenvalue weighted by Gasteiger charge is -2.07. The quantitative estimate of drug-likeness (QED) is 0.828. The minimum atomic E-state index is -4.46. The van der Waals surface area contributed by atoms with Crippen molar-refractivity contribution in [2.75, 3.05) is 0 Å². The molecule has 84 valence electrons. The molecule has 15 heavy (non-hydrogen) atoms. The Kier molecular flexibility index (Phi) is 3.01. The van der Waals surface area contributed by atoms with Crippen LogP contribution in [0.5, 0.6) is 0 Å². The van der Waals surface area contributed by atoms with Gasteiger partial charge in [0.15, 0.2) is 5.69 Å². The van der Waals surface area contributed by atoms with Crippen LogP contribution in [0.3, 0.4) is 0 Å². The highest BCUT2D eigenvalue weighted by molar-refractivity contribution is 5.76. The molecule has 1 rings (SSSR count). The third-order valence-corrected chi connectivity index (χ3v) is 1.88. The summed E-state index contributed by atoms with van der Waals surface area (Å²) in [6.45, 7) is 1.57. The van der Waals surface area contributed by atoms with Crippen molar-refractivity contribution >= 4 is 5.91 Å². The number of nitrogens with two attached hydrogens (primary N) is 1. The van der Waals surface area contributed by atoms with E-state index in [2.05, 4.69) is 5.10 Å². The van der Waals surface area contributed by atoms with Crippen molar-refractivity contribution in [3.8, 4) is 0 Å². The average molecular weight is 221 g/mol. The van der Waals surface area contributed by atoms with Gasteiger partial charge in [-0.15, -0.1) is 0 Å². The molecule has 0 saturated carbocycles. The van der Waals surface area contributed by atoms with Gasteiger partial charge in [-0.25, -0.2) is 0 Å². The Balaban J connectivity index is 2.73. The summed E-state index contributed by atoms with van der Waals surface area (Å²) in [6.07, 6.45) is -3.29. The molecule has 1 aromatic heterocycles. The summed E-state index contributed by atoms with van der Waals surface area (Å²) in [5.41, 5.74) is 4.00. The van der Waals surface area contributed by atoms with Crippen molar-refractivity contribution in [1.29, 1.82) is 0 Å². The van der Waals surface area contributed by atoms with Gasteiger partial charge in [0.05, 0.1) is 12.5 Å². The molecule has 1 atom stereocenters. The first-order chi connectivity index (χ1) is 6.80. The molecule has 0 fully saturated rings. The van der Waals surface area contributed by atoms with Crippen LogP contribution in [0, 0.1) is 5.92 Å². The zero-order chi connectivity index (χ0) is 11.6. The van der Waals surface area contributed by atoms with Crippen LogP contribution in [0.4, 0.5) is 13.2 Å². The summed E-state index contributed by atoms with van der Waals surface area (Å²) >= 11 is 0. The largest absolute Gasteiger partial charge is 0.435 e. The van der Waals surface area contributed by atoms with E-state index in [9.17, 15) is 18.0 Å². The average Bonchev–Trinajstić information content (AvgIpc) is 2.51. The van der Waals surface area contributed by atoms with Gasteiger partial charge in [0.25, 0.3) is 0 Å². The van der Waals surface area contributed by atoms with Crippen LogP contribution in [0.25, 0.3) is 0 Å². The number of alkyl halides is 3. The molecule has 0 aromatic carbocycles. The summed E-state index contributed by atoms with van der Waals surface area (Å²) in [5, 5.41) is 3.29. The highest BCUT2D eigenvalue weighted by Crippen LogP contribution is 2.27. The summed E-state index contributed by atoms with van der Waals surface area (Å²) in [7, 11) is 0. The molecule has 2 N–H and O–H groups in total. The van der Waals surface area contributed by atoms with Crippen molar-refractivity contribution in [2.24, 2.45) is 11.7 Å². The Hall–Kier alpha value is -1.53. The third-order valence-electron chi connectivity index (χ3n) is 1.88. The number of carbonyl (C=O) groups excluding carboxylic acids is 1. The number of aromatic nitrogens is 2. The summed E-state index contributed by atoms with van der Waals surface area (Å²) in [4.78, 5) is 10.7. The molecule has 7 heteroatoms. The van der Waals surface area contributed by atoms with Crippen LogP contribution in [0.2, 0.25) is 0 Å². The van der Waals surface area contributed by atoms with E-state index in [0.29, 0.717) is 0 Å². The number of primary amides is 1. The molecule has 1 aromatic rings.